The molecule has 0 atom stereocenters. The second kappa shape index (κ2) is 13.2. The fraction of sp³-hybridized carbons (Fsp3) is 0. The van der Waals surface area contributed by atoms with Gasteiger partial charge < -0.3 is 4.42 Å². The van der Waals surface area contributed by atoms with Crippen LogP contribution < -0.4 is 0 Å². The molecule has 0 bridgehead atoms. The summed E-state index contributed by atoms with van der Waals surface area (Å²) < 4.78 is 6.60. The highest BCUT2D eigenvalue weighted by molar-refractivity contribution is 6.27. The molecule has 13 aromatic rings. The Morgan fingerprint density at radius 1 is 0.311 bits per heavy atom. The molecule has 0 spiro atoms. The summed E-state index contributed by atoms with van der Waals surface area (Å²) in [6, 6.07) is 77.0. The number of benzene rings is 11. The molecular formula is C59H35NO. The lowest BCUT2D eigenvalue weighted by atomic mass is 9.83. The van der Waals surface area contributed by atoms with Crippen LogP contribution in [0.25, 0.3) is 131 Å². The van der Waals surface area contributed by atoms with Crippen molar-refractivity contribution in [1.82, 2.24) is 4.98 Å². The third-order valence-electron chi connectivity index (χ3n) is 12.8. The average Bonchev–Trinajstić information content (AvgIpc) is 3.72. The Labute approximate surface area is 351 Å². The van der Waals surface area contributed by atoms with Gasteiger partial charge in [0, 0.05) is 32.5 Å². The predicted octanol–water partition coefficient (Wildman–Crippen LogP) is 16.6. The van der Waals surface area contributed by atoms with E-state index in [9.17, 15) is 0 Å². The van der Waals surface area contributed by atoms with Crippen LogP contribution in [-0.2, 0) is 0 Å². The van der Waals surface area contributed by atoms with Crippen molar-refractivity contribution in [3.63, 3.8) is 0 Å². The molecule has 61 heavy (non-hydrogen) atoms. The highest BCUT2D eigenvalue weighted by Crippen LogP contribution is 2.48. The van der Waals surface area contributed by atoms with E-state index in [-0.39, 0.29) is 0 Å². The molecule has 13 rings (SSSR count). The third-order valence-corrected chi connectivity index (χ3v) is 12.8. The van der Waals surface area contributed by atoms with Gasteiger partial charge in [0.1, 0.15) is 11.2 Å². The molecule has 0 N–H and O–H groups in total. The minimum absolute atomic E-state index is 0.896. The number of hydrogen-bond acceptors (Lipinski definition) is 2. The van der Waals surface area contributed by atoms with E-state index in [4.69, 9.17) is 9.40 Å². The second-order valence-electron chi connectivity index (χ2n) is 16.1. The number of rotatable bonds is 4. The number of pyridine rings is 1. The van der Waals surface area contributed by atoms with Gasteiger partial charge in [0.2, 0.25) is 0 Å². The predicted molar refractivity (Wildman–Crippen MR) is 258 cm³/mol. The normalized spacial score (nSPS) is 11.9. The Morgan fingerprint density at radius 3 is 1.51 bits per heavy atom. The van der Waals surface area contributed by atoms with E-state index in [1.165, 1.54) is 70.9 Å². The van der Waals surface area contributed by atoms with Crippen molar-refractivity contribution in [2.75, 3.05) is 0 Å². The zero-order valence-electron chi connectivity index (χ0n) is 33.1. The summed E-state index contributed by atoms with van der Waals surface area (Å²) in [4.78, 5) is 5.30. The lowest BCUT2D eigenvalue weighted by Gasteiger charge is -2.20. The number of hydrogen-bond donors (Lipinski definition) is 0. The lowest BCUT2D eigenvalue weighted by Crippen LogP contribution is -1.93. The number of furan rings is 1. The zero-order chi connectivity index (χ0) is 40.0. The largest absolute Gasteiger partial charge is 0.455 e. The maximum Gasteiger partial charge on any atom is 0.144 e. The molecule has 2 heteroatoms. The van der Waals surface area contributed by atoms with E-state index in [1.54, 1.807) is 0 Å². The van der Waals surface area contributed by atoms with Crippen molar-refractivity contribution >= 4 is 86.7 Å². The van der Waals surface area contributed by atoms with Crippen molar-refractivity contribution in [2.24, 2.45) is 0 Å². The highest BCUT2D eigenvalue weighted by atomic mass is 16.3. The molecule has 2 aromatic heterocycles. The van der Waals surface area contributed by atoms with E-state index in [1.807, 2.05) is 6.07 Å². The Bertz CT molecular complexity index is 3920. The summed E-state index contributed by atoms with van der Waals surface area (Å²) in [7, 11) is 0. The first-order valence-corrected chi connectivity index (χ1v) is 21.0. The van der Waals surface area contributed by atoms with Crippen LogP contribution in [0.2, 0.25) is 0 Å². The monoisotopic (exact) mass is 773 g/mol. The van der Waals surface area contributed by atoms with Gasteiger partial charge in [0.05, 0.1) is 11.2 Å². The maximum absolute atomic E-state index is 6.60. The van der Waals surface area contributed by atoms with Crippen LogP contribution in [0.5, 0.6) is 0 Å². The third kappa shape index (κ3) is 5.13. The van der Waals surface area contributed by atoms with Crippen molar-refractivity contribution in [3.05, 3.63) is 212 Å². The van der Waals surface area contributed by atoms with Crippen LogP contribution in [-0.4, -0.2) is 4.98 Å². The SMILES string of the molecule is c1ccc2c(-c3c4ccccc4c(-c4cccc5ccccc45)c4cc(-c5ccc(-c6nc7ccccc7c7c6ccc6c8ccccc8oc67)cc5)ccc34)cccc2c1. The Kier molecular flexibility index (Phi) is 7.34. The van der Waals surface area contributed by atoms with E-state index < -0.39 is 0 Å². The number of para-hydroxylation sites is 2. The minimum Gasteiger partial charge on any atom is -0.455 e. The van der Waals surface area contributed by atoms with Crippen molar-refractivity contribution in [1.29, 1.82) is 0 Å². The molecule has 11 aromatic carbocycles. The standard InChI is InChI=1S/C59H35NO/c1-3-17-41-37(13-1)15-11-23-44(41)55-46-20-5-6-21-47(46)56(45-24-12-16-38-14-2-4-18-42(38)45)52-35-40(31-32-48(52)55)36-27-29-39(30-28-36)58-51-34-33-49-43-19-8-10-26-54(43)61-59(49)57(51)50-22-7-9-25-53(50)60-58/h1-35H. The highest BCUT2D eigenvalue weighted by Gasteiger charge is 2.21. The van der Waals surface area contributed by atoms with Gasteiger partial charge in [-0.05, 0) is 101 Å². The molecule has 0 aliphatic heterocycles. The molecule has 0 aliphatic rings. The van der Waals surface area contributed by atoms with E-state index in [0.717, 1.165) is 60.4 Å². The van der Waals surface area contributed by atoms with Gasteiger partial charge >= 0.3 is 0 Å². The molecule has 2 heterocycles. The first-order chi connectivity index (χ1) is 30.3. The van der Waals surface area contributed by atoms with E-state index in [2.05, 4.69) is 206 Å². The smallest absolute Gasteiger partial charge is 0.144 e. The molecular weight excluding hydrogens is 739 g/mol. The van der Waals surface area contributed by atoms with Crippen LogP contribution in [0.1, 0.15) is 0 Å². The van der Waals surface area contributed by atoms with Crippen LogP contribution in [0.15, 0.2) is 217 Å². The summed E-state index contributed by atoms with van der Waals surface area (Å²) >= 11 is 0. The van der Waals surface area contributed by atoms with Crippen LogP contribution >= 0.6 is 0 Å². The van der Waals surface area contributed by atoms with Crippen LogP contribution in [0.4, 0.5) is 0 Å². The maximum atomic E-state index is 6.60. The van der Waals surface area contributed by atoms with Crippen molar-refractivity contribution < 1.29 is 4.42 Å². The fourth-order valence-electron chi connectivity index (χ4n) is 10.1. The molecule has 0 saturated carbocycles. The first-order valence-electron chi connectivity index (χ1n) is 21.0. The Balaban J connectivity index is 1.04. The summed E-state index contributed by atoms with van der Waals surface area (Å²) in [5, 5.41) is 15.5. The van der Waals surface area contributed by atoms with Crippen LogP contribution in [0.3, 0.4) is 0 Å². The van der Waals surface area contributed by atoms with Gasteiger partial charge in [0.15, 0.2) is 0 Å². The number of fused-ring (bicyclic) bond motifs is 11. The van der Waals surface area contributed by atoms with E-state index >= 15 is 0 Å². The van der Waals surface area contributed by atoms with Crippen molar-refractivity contribution in [3.8, 4) is 44.6 Å². The molecule has 0 fully saturated rings. The second-order valence-corrected chi connectivity index (χ2v) is 16.1. The Morgan fingerprint density at radius 2 is 0.803 bits per heavy atom. The summed E-state index contributed by atoms with van der Waals surface area (Å²) in [6.07, 6.45) is 0. The molecule has 0 aliphatic carbocycles. The summed E-state index contributed by atoms with van der Waals surface area (Å²) in [5.74, 6) is 0. The van der Waals surface area contributed by atoms with Gasteiger partial charge in [-0.15, -0.1) is 0 Å². The quantitative estimate of drug-likeness (QED) is 0.131. The summed E-state index contributed by atoms with van der Waals surface area (Å²) in [5.41, 5.74) is 12.1. The van der Waals surface area contributed by atoms with Gasteiger partial charge in [-0.2, -0.15) is 0 Å². The molecule has 0 amide bonds. The van der Waals surface area contributed by atoms with Crippen LogP contribution in [0, 0.1) is 0 Å². The van der Waals surface area contributed by atoms with Crippen molar-refractivity contribution in [2.45, 2.75) is 0 Å². The van der Waals surface area contributed by atoms with Gasteiger partial charge in [-0.1, -0.05) is 188 Å². The molecule has 0 radical (unpaired) electrons. The topological polar surface area (TPSA) is 26.0 Å². The van der Waals surface area contributed by atoms with Gasteiger partial charge in [-0.25, -0.2) is 4.98 Å². The number of aromatic nitrogens is 1. The minimum atomic E-state index is 0.896. The molecule has 282 valence electrons. The first kappa shape index (κ1) is 33.9. The van der Waals surface area contributed by atoms with E-state index in [0.29, 0.717) is 0 Å². The average molecular weight is 774 g/mol. The zero-order valence-corrected chi connectivity index (χ0v) is 33.1. The lowest BCUT2D eigenvalue weighted by molar-refractivity contribution is 0.673. The molecule has 0 unspecified atom stereocenters. The summed E-state index contributed by atoms with van der Waals surface area (Å²) in [6.45, 7) is 0. The molecule has 2 nitrogen and oxygen atoms in total. The number of nitrogens with zero attached hydrogens (tertiary/aromatic N) is 1. The van der Waals surface area contributed by atoms with Gasteiger partial charge in [-0.3, -0.25) is 0 Å². The fourth-order valence-corrected chi connectivity index (χ4v) is 10.1. The molecule has 0 saturated heterocycles. The Hall–Kier alpha value is -8.07. The van der Waals surface area contributed by atoms with Gasteiger partial charge in [0.25, 0.3) is 0 Å².